The number of ether oxygens (including phenoxy) is 2. The van der Waals surface area contributed by atoms with Crippen LogP contribution in [0.25, 0.3) is 0 Å². The summed E-state index contributed by atoms with van der Waals surface area (Å²) in [5, 5.41) is 9.91. The number of carboxylic acid groups (broad SMARTS) is 1. The van der Waals surface area contributed by atoms with Crippen LogP contribution in [-0.4, -0.2) is 36.2 Å². The minimum atomic E-state index is -1.75. The Morgan fingerprint density at radius 1 is 1.13 bits per heavy atom. The average Bonchev–Trinajstić information content (AvgIpc) is 2.74. The number of hydrogen-bond donors (Lipinski definition) is 1. The van der Waals surface area contributed by atoms with Crippen molar-refractivity contribution < 1.29 is 29.0 Å². The van der Waals surface area contributed by atoms with Crippen molar-refractivity contribution in [2.75, 3.05) is 7.11 Å². The average molecular weight is 433 g/mol. The lowest BCUT2D eigenvalue weighted by molar-refractivity contribution is -0.179. The summed E-state index contributed by atoms with van der Waals surface area (Å²) in [4.78, 5) is 37.0. The van der Waals surface area contributed by atoms with Crippen molar-refractivity contribution in [1.29, 1.82) is 0 Å². The van der Waals surface area contributed by atoms with Crippen LogP contribution in [-0.2, 0) is 29.3 Å². The Kier molecular flexibility index (Phi) is 8.27. The highest BCUT2D eigenvalue weighted by Crippen LogP contribution is 2.44. The third-order valence-electron chi connectivity index (χ3n) is 7.14. The lowest BCUT2D eigenvalue weighted by atomic mass is 9.64. The van der Waals surface area contributed by atoms with Gasteiger partial charge in [-0.25, -0.2) is 0 Å². The molecular formula is C25H36O6. The molecule has 1 fully saturated rings. The van der Waals surface area contributed by atoms with Crippen LogP contribution in [0.5, 0.6) is 0 Å². The smallest absolute Gasteiger partial charge is 0.323 e. The van der Waals surface area contributed by atoms with Gasteiger partial charge in [0.25, 0.3) is 0 Å². The first-order valence-corrected chi connectivity index (χ1v) is 11.1. The molecule has 1 aromatic rings. The first-order valence-electron chi connectivity index (χ1n) is 11.1. The Bertz CT molecular complexity index is 771. The summed E-state index contributed by atoms with van der Waals surface area (Å²) >= 11 is 0. The van der Waals surface area contributed by atoms with E-state index in [9.17, 15) is 19.5 Å². The van der Waals surface area contributed by atoms with Gasteiger partial charge < -0.3 is 14.6 Å². The number of rotatable bonds is 9. The highest BCUT2D eigenvalue weighted by atomic mass is 16.5. The van der Waals surface area contributed by atoms with E-state index in [2.05, 4.69) is 37.6 Å². The van der Waals surface area contributed by atoms with Crippen LogP contribution < -0.4 is 0 Å². The van der Waals surface area contributed by atoms with Gasteiger partial charge in [-0.05, 0) is 42.6 Å². The molecule has 0 aromatic heterocycles. The standard InChI is InChI=1S/C25H36O6/c1-6-25(22(27)28,15-14-21(26)30-5)23(29)31-20-16-17(2)12-13-19(20)24(3,4)18-10-8-7-9-11-18/h7-11,17,19-20H,6,12-16H2,1-5H3,(H,27,28)/t17-,19-,20-,25+/m1/s1. The summed E-state index contributed by atoms with van der Waals surface area (Å²) in [7, 11) is 1.24. The van der Waals surface area contributed by atoms with Crippen molar-refractivity contribution >= 4 is 17.9 Å². The monoisotopic (exact) mass is 432 g/mol. The van der Waals surface area contributed by atoms with E-state index in [0.717, 1.165) is 12.8 Å². The summed E-state index contributed by atoms with van der Waals surface area (Å²) in [5.41, 5.74) is -0.825. The SMILES string of the molecule is CC[C@](CCC(=O)OC)(C(=O)O)C(=O)O[C@@H]1C[C@H](C)CC[C@H]1C(C)(C)c1ccccc1. The van der Waals surface area contributed by atoms with Gasteiger partial charge >= 0.3 is 17.9 Å². The van der Waals surface area contributed by atoms with Gasteiger partial charge in [0.05, 0.1) is 7.11 Å². The van der Waals surface area contributed by atoms with Crippen molar-refractivity contribution in [2.45, 2.75) is 77.7 Å². The van der Waals surface area contributed by atoms with Crippen LogP contribution in [0.1, 0.15) is 71.8 Å². The van der Waals surface area contributed by atoms with Crippen molar-refractivity contribution in [2.24, 2.45) is 17.3 Å². The number of carbonyl (C=O) groups excluding carboxylic acids is 2. The highest BCUT2D eigenvalue weighted by molar-refractivity contribution is 5.99. The normalized spacial score (nSPS) is 23.5. The van der Waals surface area contributed by atoms with Crippen molar-refractivity contribution in [3.05, 3.63) is 35.9 Å². The minimum Gasteiger partial charge on any atom is -0.480 e. The molecule has 6 heteroatoms. The molecule has 1 aliphatic carbocycles. The number of benzene rings is 1. The fourth-order valence-electron chi connectivity index (χ4n) is 4.80. The number of methoxy groups -OCH3 is 1. The number of esters is 2. The first-order chi connectivity index (χ1) is 14.6. The fraction of sp³-hybridized carbons (Fsp3) is 0.640. The quantitative estimate of drug-likeness (QED) is 0.447. The Labute approximate surface area is 185 Å². The summed E-state index contributed by atoms with van der Waals surface area (Å²) in [5.74, 6) is -2.09. The maximum atomic E-state index is 13.3. The lowest BCUT2D eigenvalue weighted by Gasteiger charge is -2.44. The van der Waals surface area contributed by atoms with Crippen LogP contribution in [0.4, 0.5) is 0 Å². The van der Waals surface area contributed by atoms with E-state index in [0.29, 0.717) is 12.3 Å². The second-order valence-corrected chi connectivity index (χ2v) is 9.37. The van der Waals surface area contributed by atoms with Gasteiger partial charge in [0.1, 0.15) is 6.10 Å². The van der Waals surface area contributed by atoms with Crippen LogP contribution in [0, 0.1) is 17.3 Å². The molecule has 1 saturated carbocycles. The molecule has 0 amide bonds. The topological polar surface area (TPSA) is 89.9 Å². The Morgan fingerprint density at radius 3 is 2.32 bits per heavy atom. The molecule has 172 valence electrons. The maximum absolute atomic E-state index is 13.3. The van der Waals surface area contributed by atoms with E-state index in [1.165, 1.54) is 12.7 Å². The number of aliphatic carboxylic acids is 1. The molecule has 0 bridgehead atoms. The minimum absolute atomic E-state index is 0.0488. The van der Waals surface area contributed by atoms with Crippen LogP contribution >= 0.6 is 0 Å². The second kappa shape index (κ2) is 10.3. The van der Waals surface area contributed by atoms with E-state index in [4.69, 9.17) is 4.74 Å². The van der Waals surface area contributed by atoms with Crippen molar-refractivity contribution in [1.82, 2.24) is 0 Å². The molecule has 31 heavy (non-hydrogen) atoms. The maximum Gasteiger partial charge on any atom is 0.323 e. The second-order valence-electron chi connectivity index (χ2n) is 9.37. The molecule has 0 unspecified atom stereocenters. The predicted octanol–water partition coefficient (Wildman–Crippen LogP) is 4.75. The molecule has 2 rings (SSSR count). The van der Waals surface area contributed by atoms with E-state index in [1.54, 1.807) is 6.92 Å². The molecule has 0 radical (unpaired) electrons. The third-order valence-corrected chi connectivity index (χ3v) is 7.14. The zero-order valence-corrected chi connectivity index (χ0v) is 19.3. The summed E-state index contributed by atoms with van der Waals surface area (Å²) < 4.78 is 10.6. The molecule has 1 aliphatic rings. The van der Waals surface area contributed by atoms with Gasteiger partial charge in [-0.15, -0.1) is 0 Å². The van der Waals surface area contributed by atoms with Crippen LogP contribution in [0.2, 0.25) is 0 Å². The molecule has 1 N–H and O–H groups in total. The molecule has 6 nitrogen and oxygen atoms in total. The van der Waals surface area contributed by atoms with Gasteiger partial charge in [0, 0.05) is 12.3 Å². The van der Waals surface area contributed by atoms with Gasteiger partial charge in [-0.2, -0.15) is 0 Å². The summed E-state index contributed by atoms with van der Waals surface area (Å²) in [6, 6.07) is 10.2. The number of hydrogen-bond acceptors (Lipinski definition) is 5. The largest absolute Gasteiger partial charge is 0.480 e. The van der Waals surface area contributed by atoms with Crippen molar-refractivity contribution in [3.8, 4) is 0 Å². The van der Waals surface area contributed by atoms with E-state index >= 15 is 0 Å². The molecule has 0 aliphatic heterocycles. The van der Waals surface area contributed by atoms with Gasteiger partial charge in [0.2, 0.25) is 0 Å². The molecule has 0 heterocycles. The van der Waals surface area contributed by atoms with E-state index in [1.807, 2.05) is 18.2 Å². The Morgan fingerprint density at radius 2 is 1.77 bits per heavy atom. The van der Waals surface area contributed by atoms with Crippen LogP contribution in [0.3, 0.4) is 0 Å². The molecule has 0 saturated heterocycles. The zero-order valence-electron chi connectivity index (χ0n) is 19.3. The summed E-state index contributed by atoms with van der Waals surface area (Å²) in [6.45, 7) is 8.09. The number of carbonyl (C=O) groups is 3. The fourth-order valence-corrected chi connectivity index (χ4v) is 4.80. The van der Waals surface area contributed by atoms with Crippen LogP contribution in [0.15, 0.2) is 30.3 Å². The molecule has 4 atom stereocenters. The Balaban J connectivity index is 2.30. The third kappa shape index (κ3) is 5.46. The van der Waals surface area contributed by atoms with Gasteiger partial charge in [-0.1, -0.05) is 64.4 Å². The van der Waals surface area contributed by atoms with E-state index < -0.39 is 23.3 Å². The van der Waals surface area contributed by atoms with Gasteiger partial charge in [-0.3, -0.25) is 14.4 Å². The molecule has 1 aromatic carbocycles. The number of carboxylic acids is 1. The van der Waals surface area contributed by atoms with Crippen molar-refractivity contribution in [3.63, 3.8) is 0 Å². The lowest BCUT2D eigenvalue weighted by Crippen LogP contribution is -2.48. The molecule has 0 spiro atoms. The van der Waals surface area contributed by atoms with Gasteiger partial charge in [0.15, 0.2) is 5.41 Å². The van der Waals surface area contributed by atoms with E-state index in [-0.39, 0.29) is 36.7 Å². The summed E-state index contributed by atoms with van der Waals surface area (Å²) in [6.07, 6.45) is 2.01. The Hall–Kier alpha value is -2.37. The highest BCUT2D eigenvalue weighted by Gasteiger charge is 2.49. The zero-order chi connectivity index (χ0) is 23.2. The predicted molar refractivity (Wildman–Crippen MR) is 117 cm³/mol. The molecular weight excluding hydrogens is 396 g/mol. The first kappa shape index (κ1) is 24.9.